The van der Waals surface area contributed by atoms with Crippen molar-refractivity contribution in [1.29, 1.82) is 0 Å². The molecule has 3 heteroatoms. The largest absolute Gasteiger partial charge is 0.317 e. The first-order valence-corrected chi connectivity index (χ1v) is 2.24. The highest BCUT2D eigenvalue weighted by Crippen LogP contribution is 1.81. The summed E-state index contributed by atoms with van der Waals surface area (Å²) in [6, 6.07) is 0. The van der Waals surface area contributed by atoms with Crippen LogP contribution < -0.4 is 5.48 Å². The maximum absolute atomic E-state index is 8.14. The lowest BCUT2D eigenvalue weighted by molar-refractivity contribution is -0.876. The Hall–Kier alpha value is -0.120. The first kappa shape index (κ1) is 6.88. The Labute approximate surface area is 44.1 Å². The van der Waals surface area contributed by atoms with E-state index >= 15 is 0 Å². The molecule has 0 aliphatic heterocycles. The first-order valence-electron chi connectivity index (χ1n) is 2.24. The summed E-state index contributed by atoms with van der Waals surface area (Å²) in [5, 5.41) is 8.14. The Morgan fingerprint density at radius 2 is 1.86 bits per heavy atom. The van der Waals surface area contributed by atoms with E-state index in [1.165, 1.54) is 0 Å². The van der Waals surface area contributed by atoms with E-state index in [9.17, 15) is 0 Å². The highest BCUT2D eigenvalue weighted by atomic mass is 16.5. The van der Waals surface area contributed by atoms with Gasteiger partial charge in [-0.3, -0.25) is 0 Å². The molecule has 7 heavy (non-hydrogen) atoms. The molecule has 0 heterocycles. The average Bonchev–Trinajstić information content (AvgIpc) is 1.30. The first-order chi connectivity index (χ1) is 3.06. The van der Waals surface area contributed by atoms with Gasteiger partial charge in [0.05, 0.1) is 21.1 Å². The van der Waals surface area contributed by atoms with Crippen LogP contribution in [-0.2, 0) is 0 Å². The highest BCUT2D eigenvalue weighted by molar-refractivity contribution is 4.06. The van der Waals surface area contributed by atoms with Crippen LogP contribution in [0.5, 0.6) is 0 Å². The maximum atomic E-state index is 8.14. The normalized spacial score (nSPS) is 12.0. The van der Waals surface area contributed by atoms with Crippen LogP contribution in [-0.4, -0.2) is 37.5 Å². The van der Waals surface area contributed by atoms with Crippen LogP contribution in [0, 0.1) is 0 Å². The number of nitrogens with one attached hydrogen (secondary N) is 1. The molecular weight excluding hydrogens is 92.1 g/mol. The molecule has 44 valence electrons. The maximum Gasteiger partial charge on any atom is 0.153 e. The second-order valence-corrected chi connectivity index (χ2v) is 2.61. The van der Waals surface area contributed by atoms with E-state index < -0.39 is 0 Å². The molecule has 0 amide bonds. The number of hydrogen-bond donors (Lipinski definition) is 2. The average molecular weight is 105 g/mol. The van der Waals surface area contributed by atoms with Gasteiger partial charge >= 0.3 is 0 Å². The summed E-state index contributed by atoms with van der Waals surface area (Å²) in [4.78, 5) is 0. The summed E-state index contributed by atoms with van der Waals surface area (Å²) in [7, 11) is 5.97. The molecule has 0 aromatic carbocycles. The van der Waals surface area contributed by atoms with E-state index in [0.717, 1.165) is 4.48 Å². The Morgan fingerprint density at radius 1 is 1.43 bits per heavy atom. The third-order valence-electron chi connectivity index (χ3n) is 0.545. The van der Waals surface area contributed by atoms with Crippen molar-refractivity contribution in [2.24, 2.45) is 0 Å². The predicted octanol–water partition coefficient (Wildman–Crippen LogP) is -0.371. The zero-order valence-electron chi connectivity index (χ0n) is 5.10. The van der Waals surface area contributed by atoms with E-state index in [1.54, 1.807) is 0 Å². The van der Waals surface area contributed by atoms with E-state index in [4.69, 9.17) is 5.21 Å². The molecule has 0 saturated carbocycles. The van der Waals surface area contributed by atoms with Crippen molar-refractivity contribution in [3.8, 4) is 0 Å². The second-order valence-electron chi connectivity index (χ2n) is 2.61. The standard InChI is InChI=1S/C4H13N2O/c1-6(2,3)4-5-7/h5,7H,4H2,1-3H3/q+1. The van der Waals surface area contributed by atoms with Gasteiger partial charge in [-0.2, -0.15) is 5.48 Å². The molecule has 0 spiro atoms. The van der Waals surface area contributed by atoms with Gasteiger partial charge in [-0.15, -0.1) is 0 Å². The Kier molecular flexibility index (Phi) is 2.22. The highest BCUT2D eigenvalue weighted by Gasteiger charge is 2.01. The minimum Gasteiger partial charge on any atom is -0.317 e. The van der Waals surface area contributed by atoms with Crippen molar-refractivity contribution >= 4 is 0 Å². The molecular formula is C4H13N2O+. The molecule has 0 aromatic heterocycles. The van der Waals surface area contributed by atoms with Crippen LogP contribution in [0.1, 0.15) is 0 Å². The number of hydrogen-bond acceptors (Lipinski definition) is 2. The van der Waals surface area contributed by atoms with E-state index in [2.05, 4.69) is 5.48 Å². The lowest BCUT2D eigenvalue weighted by Gasteiger charge is -2.21. The molecule has 0 fully saturated rings. The third-order valence-corrected chi connectivity index (χ3v) is 0.545. The minimum atomic E-state index is 0.583. The van der Waals surface area contributed by atoms with E-state index in [-0.39, 0.29) is 0 Å². The molecule has 2 N–H and O–H groups in total. The molecule has 0 rings (SSSR count). The van der Waals surface area contributed by atoms with E-state index in [1.807, 2.05) is 21.1 Å². The number of hydroxylamine groups is 1. The van der Waals surface area contributed by atoms with Gasteiger partial charge < -0.3 is 9.69 Å². The summed E-state index contributed by atoms with van der Waals surface area (Å²) in [6.07, 6.45) is 0. The van der Waals surface area contributed by atoms with Gasteiger partial charge in [0, 0.05) is 0 Å². The Balaban J connectivity index is 3.15. The van der Waals surface area contributed by atoms with Gasteiger partial charge in [-0.1, -0.05) is 0 Å². The van der Waals surface area contributed by atoms with Crippen molar-refractivity contribution in [3.63, 3.8) is 0 Å². The molecule has 0 aromatic rings. The third kappa shape index (κ3) is 5.88. The van der Waals surface area contributed by atoms with Crippen LogP contribution in [0.25, 0.3) is 0 Å². The molecule has 0 bridgehead atoms. The summed E-state index contributed by atoms with van der Waals surface area (Å²) >= 11 is 0. The molecule has 0 radical (unpaired) electrons. The summed E-state index contributed by atoms with van der Waals surface area (Å²) < 4.78 is 0.733. The molecule has 0 aliphatic rings. The topological polar surface area (TPSA) is 32.3 Å². The zero-order valence-corrected chi connectivity index (χ0v) is 5.10. The van der Waals surface area contributed by atoms with Gasteiger partial charge in [0.25, 0.3) is 0 Å². The molecule has 0 atom stereocenters. The lowest BCUT2D eigenvalue weighted by atomic mass is 10.7. The second kappa shape index (κ2) is 2.26. The van der Waals surface area contributed by atoms with Crippen LogP contribution in [0.3, 0.4) is 0 Å². The van der Waals surface area contributed by atoms with Crippen LogP contribution in [0.2, 0.25) is 0 Å². The minimum absolute atomic E-state index is 0.583. The molecule has 0 saturated heterocycles. The fraction of sp³-hybridized carbons (Fsp3) is 1.00. The Morgan fingerprint density at radius 3 is 1.86 bits per heavy atom. The SMILES string of the molecule is C[N+](C)(C)CNO. The van der Waals surface area contributed by atoms with Crippen molar-refractivity contribution < 1.29 is 9.69 Å². The van der Waals surface area contributed by atoms with Crippen LogP contribution in [0.4, 0.5) is 0 Å². The van der Waals surface area contributed by atoms with Crippen molar-refractivity contribution in [2.75, 3.05) is 27.8 Å². The summed E-state index contributed by atoms with van der Waals surface area (Å²) in [6.45, 7) is 0.583. The van der Waals surface area contributed by atoms with Crippen molar-refractivity contribution in [1.82, 2.24) is 5.48 Å². The quantitative estimate of drug-likeness (QED) is 0.285. The summed E-state index contributed by atoms with van der Waals surface area (Å²) in [5.74, 6) is 0. The van der Waals surface area contributed by atoms with Gasteiger partial charge in [0.15, 0.2) is 6.67 Å². The number of nitrogens with zero attached hydrogens (tertiary/aromatic N) is 1. The zero-order chi connectivity index (χ0) is 5.91. The fourth-order valence-corrected chi connectivity index (χ4v) is 0.212. The van der Waals surface area contributed by atoms with Crippen molar-refractivity contribution in [3.05, 3.63) is 0 Å². The molecule has 0 aliphatic carbocycles. The molecule has 3 nitrogen and oxygen atoms in total. The monoisotopic (exact) mass is 105 g/mol. The van der Waals surface area contributed by atoms with Gasteiger partial charge in [-0.05, 0) is 0 Å². The Bertz CT molecular complexity index is 48.1. The van der Waals surface area contributed by atoms with E-state index in [0.29, 0.717) is 6.67 Å². The lowest BCUT2D eigenvalue weighted by Crippen LogP contribution is -2.41. The fourth-order valence-electron chi connectivity index (χ4n) is 0.212. The summed E-state index contributed by atoms with van der Waals surface area (Å²) in [5.41, 5.74) is 2.08. The van der Waals surface area contributed by atoms with Gasteiger partial charge in [-0.25, -0.2) is 0 Å². The van der Waals surface area contributed by atoms with Gasteiger partial charge in [0.2, 0.25) is 0 Å². The van der Waals surface area contributed by atoms with Crippen molar-refractivity contribution in [2.45, 2.75) is 0 Å². The predicted molar refractivity (Wildman–Crippen MR) is 27.8 cm³/mol. The van der Waals surface area contributed by atoms with Crippen LogP contribution >= 0.6 is 0 Å². The number of rotatable bonds is 2. The number of quaternary nitrogens is 1. The smallest absolute Gasteiger partial charge is 0.153 e. The molecule has 0 unspecified atom stereocenters. The van der Waals surface area contributed by atoms with Crippen LogP contribution in [0.15, 0.2) is 0 Å². The van der Waals surface area contributed by atoms with Gasteiger partial charge in [0.1, 0.15) is 0 Å².